The quantitative estimate of drug-likeness (QED) is 0.880. The van der Waals surface area contributed by atoms with Gasteiger partial charge in [0, 0.05) is 42.2 Å². The first-order chi connectivity index (χ1) is 9.52. The molecular weight excluding hydrogens is 252 g/mol. The molecule has 0 radical (unpaired) electrons. The second-order valence-corrected chi connectivity index (χ2v) is 5.30. The van der Waals surface area contributed by atoms with E-state index in [1.54, 1.807) is 0 Å². The highest BCUT2D eigenvalue weighted by Crippen LogP contribution is 2.18. The Bertz CT molecular complexity index is 579. The van der Waals surface area contributed by atoms with Crippen molar-refractivity contribution < 1.29 is 4.74 Å². The van der Waals surface area contributed by atoms with E-state index in [-0.39, 0.29) is 6.04 Å². The van der Waals surface area contributed by atoms with E-state index < -0.39 is 0 Å². The van der Waals surface area contributed by atoms with Crippen molar-refractivity contribution in [3.63, 3.8) is 0 Å². The molecule has 2 rings (SSSR count). The molecule has 0 bridgehead atoms. The smallest absolute Gasteiger partial charge is 0.155 e. The van der Waals surface area contributed by atoms with Gasteiger partial charge < -0.3 is 10.1 Å². The minimum absolute atomic E-state index is 0.215. The molecule has 20 heavy (non-hydrogen) atoms. The first-order valence-electron chi connectivity index (χ1n) is 7.18. The number of ether oxygens (including phenoxy) is 1. The molecule has 0 aliphatic heterocycles. The minimum Gasteiger partial charge on any atom is -0.380 e. The Balaban J connectivity index is 2.17. The Morgan fingerprint density at radius 2 is 2.10 bits per heavy atom. The van der Waals surface area contributed by atoms with Crippen molar-refractivity contribution in [2.75, 3.05) is 13.2 Å². The van der Waals surface area contributed by atoms with Crippen LogP contribution in [0.5, 0.6) is 0 Å². The summed E-state index contributed by atoms with van der Waals surface area (Å²) < 4.78 is 7.35. The van der Waals surface area contributed by atoms with Gasteiger partial charge in [0.05, 0.1) is 12.3 Å². The van der Waals surface area contributed by atoms with Gasteiger partial charge >= 0.3 is 0 Å². The van der Waals surface area contributed by atoms with Crippen molar-refractivity contribution in [3.8, 4) is 0 Å². The third-order valence-electron chi connectivity index (χ3n) is 3.46. The molecule has 5 nitrogen and oxygen atoms in total. The summed E-state index contributed by atoms with van der Waals surface area (Å²) in [5, 5.41) is 8.02. The lowest BCUT2D eigenvalue weighted by molar-refractivity contribution is 0.124. The average Bonchev–Trinajstić information content (AvgIpc) is 2.78. The number of rotatable bonds is 6. The molecule has 0 aromatic carbocycles. The van der Waals surface area contributed by atoms with Gasteiger partial charge in [-0.15, -0.1) is 0 Å². The van der Waals surface area contributed by atoms with Gasteiger partial charge in [-0.1, -0.05) is 0 Å². The maximum atomic E-state index is 5.44. The van der Waals surface area contributed by atoms with E-state index in [9.17, 15) is 0 Å². The molecule has 2 aromatic heterocycles. The molecule has 2 unspecified atom stereocenters. The molecule has 0 aliphatic carbocycles. The van der Waals surface area contributed by atoms with E-state index in [0.717, 1.165) is 30.2 Å². The van der Waals surface area contributed by atoms with E-state index in [1.807, 2.05) is 30.6 Å². The fourth-order valence-electron chi connectivity index (χ4n) is 2.46. The summed E-state index contributed by atoms with van der Waals surface area (Å²) in [7, 11) is 0. The van der Waals surface area contributed by atoms with Crippen LogP contribution in [0.2, 0.25) is 0 Å². The second kappa shape index (κ2) is 6.33. The first kappa shape index (κ1) is 14.9. The van der Waals surface area contributed by atoms with Crippen LogP contribution >= 0.6 is 0 Å². The number of aryl methyl sites for hydroxylation is 2. The van der Waals surface area contributed by atoms with Crippen molar-refractivity contribution in [1.82, 2.24) is 19.9 Å². The maximum absolute atomic E-state index is 5.44. The number of hydrogen-bond acceptors (Lipinski definition) is 4. The van der Waals surface area contributed by atoms with Gasteiger partial charge in [0.1, 0.15) is 0 Å². The summed E-state index contributed by atoms with van der Waals surface area (Å²) in [5.41, 5.74) is 4.19. The van der Waals surface area contributed by atoms with Gasteiger partial charge in [-0.25, -0.2) is 9.50 Å². The Morgan fingerprint density at radius 1 is 1.35 bits per heavy atom. The highest BCUT2D eigenvalue weighted by Gasteiger charge is 2.15. The fourth-order valence-corrected chi connectivity index (χ4v) is 2.46. The number of fused-ring (bicyclic) bond motifs is 1. The molecule has 5 heteroatoms. The van der Waals surface area contributed by atoms with E-state index in [1.165, 1.54) is 5.56 Å². The van der Waals surface area contributed by atoms with Crippen LogP contribution in [0.25, 0.3) is 5.65 Å². The normalized spacial score (nSPS) is 14.7. The van der Waals surface area contributed by atoms with Crippen molar-refractivity contribution in [3.05, 3.63) is 29.2 Å². The van der Waals surface area contributed by atoms with E-state index in [4.69, 9.17) is 4.74 Å². The highest BCUT2D eigenvalue weighted by molar-refractivity contribution is 5.42. The molecule has 2 aromatic rings. The minimum atomic E-state index is 0.215. The second-order valence-electron chi connectivity index (χ2n) is 5.30. The van der Waals surface area contributed by atoms with Crippen LogP contribution in [0.3, 0.4) is 0 Å². The number of nitrogens with zero attached hydrogens (tertiary/aromatic N) is 3. The van der Waals surface area contributed by atoms with Gasteiger partial charge in [-0.05, 0) is 34.6 Å². The molecule has 0 fully saturated rings. The van der Waals surface area contributed by atoms with Gasteiger partial charge in [0.15, 0.2) is 5.65 Å². The molecule has 0 aliphatic rings. The molecule has 0 amide bonds. The van der Waals surface area contributed by atoms with E-state index in [2.05, 4.69) is 36.2 Å². The van der Waals surface area contributed by atoms with Gasteiger partial charge in [-0.3, -0.25) is 0 Å². The third-order valence-corrected chi connectivity index (χ3v) is 3.46. The van der Waals surface area contributed by atoms with Gasteiger partial charge in [0.2, 0.25) is 0 Å². The van der Waals surface area contributed by atoms with Gasteiger partial charge in [0.25, 0.3) is 0 Å². The zero-order valence-electron chi connectivity index (χ0n) is 13.0. The monoisotopic (exact) mass is 276 g/mol. The van der Waals surface area contributed by atoms with Gasteiger partial charge in [-0.2, -0.15) is 5.10 Å². The Labute approximate surface area is 120 Å². The summed E-state index contributed by atoms with van der Waals surface area (Å²) >= 11 is 0. The van der Waals surface area contributed by atoms with E-state index in [0.29, 0.717) is 6.04 Å². The summed E-state index contributed by atoms with van der Waals surface area (Å²) in [4.78, 5) is 4.48. The van der Waals surface area contributed by atoms with Crippen LogP contribution in [0, 0.1) is 13.8 Å². The molecule has 2 heterocycles. The Hall–Kier alpha value is -1.46. The third kappa shape index (κ3) is 3.16. The topological polar surface area (TPSA) is 51.5 Å². The lowest BCUT2D eigenvalue weighted by Crippen LogP contribution is -2.33. The zero-order valence-corrected chi connectivity index (χ0v) is 13.0. The summed E-state index contributed by atoms with van der Waals surface area (Å²) in [6.45, 7) is 11.8. The van der Waals surface area contributed by atoms with Crippen molar-refractivity contribution >= 4 is 5.65 Å². The number of hydrogen-bond donors (Lipinski definition) is 1. The SMILES string of the molecule is CCOCC(C)NC(C)c1cnc2cc(C)nn2c1C. The van der Waals surface area contributed by atoms with Crippen LogP contribution in [-0.4, -0.2) is 33.9 Å². The van der Waals surface area contributed by atoms with Crippen LogP contribution in [-0.2, 0) is 4.74 Å². The summed E-state index contributed by atoms with van der Waals surface area (Å²) in [6, 6.07) is 2.51. The summed E-state index contributed by atoms with van der Waals surface area (Å²) in [5.74, 6) is 0. The fraction of sp³-hybridized carbons (Fsp3) is 0.600. The van der Waals surface area contributed by atoms with Crippen molar-refractivity contribution in [1.29, 1.82) is 0 Å². The number of nitrogens with one attached hydrogen (secondary N) is 1. The predicted molar refractivity (Wildman–Crippen MR) is 80.0 cm³/mol. The standard InChI is InChI=1S/C15H24N4O/c1-6-20-9-11(3)17-12(4)14-8-16-15-7-10(2)18-19(15)13(14)5/h7-8,11-12,17H,6,9H2,1-5H3. The average molecular weight is 276 g/mol. The lowest BCUT2D eigenvalue weighted by Gasteiger charge is -2.21. The maximum Gasteiger partial charge on any atom is 0.155 e. The van der Waals surface area contributed by atoms with Crippen LogP contribution in [0.15, 0.2) is 12.3 Å². The van der Waals surface area contributed by atoms with Crippen LogP contribution in [0.4, 0.5) is 0 Å². The molecule has 110 valence electrons. The highest BCUT2D eigenvalue weighted by atomic mass is 16.5. The van der Waals surface area contributed by atoms with Crippen LogP contribution in [0.1, 0.15) is 43.8 Å². The molecular formula is C15H24N4O. The summed E-state index contributed by atoms with van der Waals surface area (Å²) in [6.07, 6.45) is 1.94. The van der Waals surface area contributed by atoms with Crippen molar-refractivity contribution in [2.45, 2.75) is 46.7 Å². The first-order valence-corrected chi connectivity index (χ1v) is 7.18. The van der Waals surface area contributed by atoms with E-state index >= 15 is 0 Å². The lowest BCUT2D eigenvalue weighted by atomic mass is 10.1. The zero-order chi connectivity index (χ0) is 14.7. The van der Waals surface area contributed by atoms with Crippen LogP contribution < -0.4 is 5.32 Å². The number of aromatic nitrogens is 3. The molecule has 0 saturated carbocycles. The Morgan fingerprint density at radius 3 is 2.80 bits per heavy atom. The largest absolute Gasteiger partial charge is 0.380 e. The molecule has 0 saturated heterocycles. The Kier molecular flexibility index (Phi) is 4.73. The predicted octanol–water partition coefficient (Wildman–Crippen LogP) is 2.42. The molecule has 1 N–H and O–H groups in total. The van der Waals surface area contributed by atoms with Crippen molar-refractivity contribution in [2.24, 2.45) is 0 Å². The molecule has 0 spiro atoms. The molecule has 2 atom stereocenters.